The van der Waals surface area contributed by atoms with Gasteiger partial charge in [0.25, 0.3) is 0 Å². The Morgan fingerprint density at radius 3 is 2.06 bits per heavy atom. The summed E-state index contributed by atoms with van der Waals surface area (Å²) in [7, 11) is 0. The minimum absolute atomic E-state index is 0.569. The Morgan fingerprint density at radius 1 is 1.22 bits per heavy atom. The fraction of sp³-hybridized carbons (Fsp3) is 1.00. The van der Waals surface area contributed by atoms with Gasteiger partial charge in [0.15, 0.2) is 6.10 Å². The second-order valence-corrected chi connectivity index (χ2v) is 6.46. The molecular formula is C13H22F3IO. The van der Waals surface area contributed by atoms with Gasteiger partial charge in [-0.15, -0.1) is 0 Å². The molecule has 1 atom stereocenters. The van der Waals surface area contributed by atoms with Crippen molar-refractivity contribution in [3.8, 4) is 0 Å². The third kappa shape index (κ3) is 4.25. The van der Waals surface area contributed by atoms with Crippen molar-refractivity contribution in [2.24, 2.45) is 11.8 Å². The number of hydrogen-bond donors (Lipinski definition) is 0. The summed E-state index contributed by atoms with van der Waals surface area (Å²) in [6.45, 7) is 5.48. The van der Waals surface area contributed by atoms with Crippen molar-refractivity contribution in [3.63, 3.8) is 0 Å². The largest absolute Gasteiger partial charge is 0.414 e. The molecule has 0 heterocycles. The molecule has 0 amide bonds. The Kier molecular flexibility index (Phi) is 5.77. The van der Waals surface area contributed by atoms with E-state index in [9.17, 15) is 13.2 Å². The zero-order chi connectivity index (χ0) is 14.0. The number of rotatable bonds is 4. The fourth-order valence-corrected chi connectivity index (χ4v) is 3.50. The van der Waals surface area contributed by atoms with Crippen molar-refractivity contribution in [2.45, 2.75) is 64.3 Å². The van der Waals surface area contributed by atoms with Crippen LogP contribution >= 0.6 is 22.6 Å². The molecule has 108 valence electrons. The molecule has 1 rings (SSSR count). The van der Waals surface area contributed by atoms with Gasteiger partial charge in [-0.2, -0.15) is 13.2 Å². The first-order chi connectivity index (χ1) is 8.20. The molecule has 1 saturated carbocycles. The van der Waals surface area contributed by atoms with E-state index in [0.717, 1.165) is 32.6 Å². The zero-order valence-electron chi connectivity index (χ0n) is 11.2. The Bertz CT molecular complexity index is 257. The lowest BCUT2D eigenvalue weighted by atomic mass is 9.75. The molecule has 18 heavy (non-hydrogen) atoms. The van der Waals surface area contributed by atoms with E-state index in [1.54, 1.807) is 0 Å². The summed E-state index contributed by atoms with van der Waals surface area (Å²) in [6, 6.07) is 0. The first kappa shape index (κ1) is 16.5. The van der Waals surface area contributed by atoms with Crippen LogP contribution in [-0.2, 0) is 4.74 Å². The van der Waals surface area contributed by atoms with Gasteiger partial charge in [-0.3, -0.25) is 0 Å². The molecule has 0 aliphatic heterocycles. The van der Waals surface area contributed by atoms with Gasteiger partial charge in [0.1, 0.15) is 0 Å². The summed E-state index contributed by atoms with van der Waals surface area (Å²) in [5.41, 5.74) is -0.569. The van der Waals surface area contributed by atoms with E-state index >= 15 is 0 Å². The van der Waals surface area contributed by atoms with Crippen LogP contribution in [0.2, 0.25) is 0 Å². The molecule has 0 aromatic carbocycles. The summed E-state index contributed by atoms with van der Waals surface area (Å²) in [5, 5.41) is 0. The van der Waals surface area contributed by atoms with Crippen molar-refractivity contribution in [2.75, 3.05) is 4.43 Å². The molecule has 0 bridgehead atoms. The van der Waals surface area contributed by atoms with Crippen LogP contribution < -0.4 is 0 Å². The topological polar surface area (TPSA) is 9.23 Å². The minimum Gasteiger partial charge on any atom is -0.362 e. The van der Waals surface area contributed by atoms with Crippen molar-refractivity contribution in [3.05, 3.63) is 0 Å². The van der Waals surface area contributed by atoms with E-state index in [-0.39, 0.29) is 0 Å². The quantitative estimate of drug-likeness (QED) is 0.496. The van der Waals surface area contributed by atoms with Crippen LogP contribution in [0.5, 0.6) is 0 Å². The zero-order valence-corrected chi connectivity index (χ0v) is 13.3. The molecule has 1 aliphatic carbocycles. The summed E-state index contributed by atoms with van der Waals surface area (Å²) in [4.78, 5) is 0. The molecule has 0 saturated heterocycles. The summed E-state index contributed by atoms with van der Waals surface area (Å²) in [5.74, 6) is 1.24. The molecule has 1 unspecified atom stereocenters. The van der Waals surface area contributed by atoms with Crippen LogP contribution in [-0.4, -0.2) is 22.3 Å². The van der Waals surface area contributed by atoms with Gasteiger partial charge in [-0.25, -0.2) is 0 Å². The van der Waals surface area contributed by atoms with Crippen LogP contribution in [0.25, 0.3) is 0 Å². The maximum Gasteiger partial charge on any atom is 0.414 e. The van der Waals surface area contributed by atoms with E-state index in [1.165, 1.54) is 0 Å². The second-order valence-electron chi connectivity index (χ2n) is 5.70. The van der Waals surface area contributed by atoms with Crippen LogP contribution in [0, 0.1) is 11.8 Å². The third-order valence-corrected chi connectivity index (χ3v) is 5.41. The highest BCUT2D eigenvalue weighted by molar-refractivity contribution is 14.1. The first-order valence-electron chi connectivity index (χ1n) is 6.51. The van der Waals surface area contributed by atoms with Gasteiger partial charge >= 0.3 is 6.18 Å². The van der Waals surface area contributed by atoms with Crippen molar-refractivity contribution < 1.29 is 17.9 Å². The van der Waals surface area contributed by atoms with E-state index in [1.807, 2.05) is 0 Å². The molecule has 0 aromatic rings. The molecule has 0 spiro atoms. The number of halogens is 4. The standard InChI is InChI=1S/C13H22F3IO/c1-9(2)11-4-6-12(8-17,7-5-11)18-10(3)13(14,15)16/h9-11H,4-8H2,1-3H3. The summed E-state index contributed by atoms with van der Waals surface area (Å²) >= 11 is 2.15. The molecule has 1 aliphatic rings. The van der Waals surface area contributed by atoms with Gasteiger partial charge in [-0.1, -0.05) is 36.4 Å². The van der Waals surface area contributed by atoms with Crippen LogP contribution in [0.15, 0.2) is 0 Å². The Morgan fingerprint density at radius 2 is 1.72 bits per heavy atom. The van der Waals surface area contributed by atoms with Crippen LogP contribution in [0.3, 0.4) is 0 Å². The van der Waals surface area contributed by atoms with E-state index in [4.69, 9.17) is 4.74 Å². The smallest absolute Gasteiger partial charge is 0.362 e. The highest BCUT2D eigenvalue weighted by atomic mass is 127. The minimum atomic E-state index is -4.26. The van der Waals surface area contributed by atoms with Crippen molar-refractivity contribution in [1.82, 2.24) is 0 Å². The Hall–Kier alpha value is 0.480. The van der Waals surface area contributed by atoms with Crippen LogP contribution in [0.1, 0.15) is 46.5 Å². The molecule has 0 radical (unpaired) electrons. The molecular weight excluding hydrogens is 356 g/mol. The SMILES string of the molecule is CC(C)C1CCC(CI)(OC(C)C(F)(F)F)CC1. The Balaban J connectivity index is 2.61. The molecule has 1 nitrogen and oxygen atoms in total. The number of hydrogen-bond acceptors (Lipinski definition) is 1. The maximum atomic E-state index is 12.6. The first-order valence-corrected chi connectivity index (χ1v) is 8.03. The van der Waals surface area contributed by atoms with E-state index in [0.29, 0.717) is 16.3 Å². The number of ether oxygens (including phenoxy) is 1. The van der Waals surface area contributed by atoms with Gasteiger partial charge in [0, 0.05) is 4.43 Å². The predicted molar refractivity (Wildman–Crippen MR) is 75.0 cm³/mol. The van der Waals surface area contributed by atoms with Gasteiger partial charge in [0.05, 0.1) is 5.60 Å². The fourth-order valence-electron chi connectivity index (χ4n) is 2.56. The highest BCUT2D eigenvalue weighted by Gasteiger charge is 2.44. The van der Waals surface area contributed by atoms with Crippen molar-refractivity contribution in [1.29, 1.82) is 0 Å². The summed E-state index contributed by atoms with van der Waals surface area (Å²) < 4.78 is 43.8. The van der Waals surface area contributed by atoms with Gasteiger partial charge in [0.2, 0.25) is 0 Å². The van der Waals surface area contributed by atoms with Crippen LogP contribution in [0.4, 0.5) is 13.2 Å². The third-order valence-electron chi connectivity index (χ3n) is 4.02. The van der Waals surface area contributed by atoms with Gasteiger partial charge < -0.3 is 4.74 Å². The number of alkyl halides is 4. The predicted octanol–water partition coefficient (Wildman–Crippen LogP) is 4.97. The average molecular weight is 378 g/mol. The monoisotopic (exact) mass is 378 g/mol. The lowest BCUT2D eigenvalue weighted by Crippen LogP contribution is -2.45. The van der Waals surface area contributed by atoms with E-state index in [2.05, 4.69) is 36.4 Å². The molecule has 5 heteroatoms. The highest BCUT2D eigenvalue weighted by Crippen LogP contribution is 2.41. The maximum absolute atomic E-state index is 12.6. The second kappa shape index (κ2) is 6.29. The molecule has 0 aromatic heterocycles. The average Bonchev–Trinajstić information content (AvgIpc) is 2.28. The molecule has 0 N–H and O–H groups in total. The lowest BCUT2D eigenvalue weighted by Gasteiger charge is -2.42. The Labute approximate surface area is 121 Å². The lowest BCUT2D eigenvalue weighted by molar-refractivity contribution is -0.248. The molecule has 1 fully saturated rings. The van der Waals surface area contributed by atoms with Crippen molar-refractivity contribution >= 4 is 22.6 Å². The van der Waals surface area contributed by atoms with Gasteiger partial charge in [-0.05, 0) is 44.4 Å². The summed E-state index contributed by atoms with van der Waals surface area (Å²) in [6.07, 6.45) is -2.47. The normalized spacial score (nSPS) is 31.7. The van der Waals surface area contributed by atoms with E-state index < -0.39 is 17.9 Å².